The molecule has 1 aromatic carbocycles. The number of allylic oxidation sites excluding steroid dienone is 1. The number of carbonyl (C=O) groups excluding carboxylic acids is 3. The van der Waals surface area contributed by atoms with E-state index >= 15 is 0 Å². The Morgan fingerprint density at radius 3 is 2.50 bits per heavy atom. The third kappa shape index (κ3) is 7.82. The summed E-state index contributed by atoms with van der Waals surface area (Å²) in [4.78, 5) is 48.7. The maximum Gasteiger partial charge on any atom is 0.348 e. The molecule has 2 fully saturated rings. The molecular weight excluding hydrogens is 574 g/mol. The minimum atomic E-state index is -1.94. The Hall–Kier alpha value is -3.80. The van der Waals surface area contributed by atoms with Gasteiger partial charge >= 0.3 is 23.9 Å². The molecule has 0 radical (unpaired) electrons. The number of hydrogen-bond acceptors (Lipinski definition) is 11. The molecule has 1 N–H and O–H groups in total. The Kier molecular flexibility index (Phi) is 10.4. The summed E-state index contributed by atoms with van der Waals surface area (Å²) < 4.78 is 31.0. The lowest BCUT2D eigenvalue weighted by Crippen LogP contribution is -2.49. The number of likely N-dealkylation sites (tertiary alicyclic amines) is 1. The highest BCUT2D eigenvalue weighted by atomic mass is 16.7. The van der Waals surface area contributed by atoms with Gasteiger partial charge < -0.3 is 33.5 Å². The van der Waals surface area contributed by atoms with Crippen LogP contribution in [0, 0.1) is 0 Å². The first-order chi connectivity index (χ1) is 20.9. The standard InChI is InChI=1S/C18H23NO3.C14H20O8/c1-20-15-5-8-18(12-15)7-2-9-19(18)10-6-14-3-4-16-17(11-14)22-13-21-16;1-9(15)21-13(2)5-4-6-14(12(18)19,8-10(16)20-3)22-11(17)7-13/h3-4,11-12H,2,5-10,13H2,1H3;4-8H2,1-3H3,(H,18,19). The first kappa shape index (κ1) is 33.1. The fourth-order valence-electron chi connectivity index (χ4n) is 6.58. The van der Waals surface area contributed by atoms with Gasteiger partial charge in [0.25, 0.3) is 0 Å². The van der Waals surface area contributed by atoms with Crippen LogP contribution >= 0.6 is 0 Å². The van der Waals surface area contributed by atoms with Crippen LogP contribution < -0.4 is 9.47 Å². The molecule has 1 aliphatic carbocycles. The molecule has 0 saturated carbocycles. The van der Waals surface area contributed by atoms with Crippen LogP contribution in [0.5, 0.6) is 11.5 Å². The van der Waals surface area contributed by atoms with Crippen LogP contribution in [0.4, 0.5) is 0 Å². The Morgan fingerprint density at radius 1 is 1.05 bits per heavy atom. The molecule has 1 aromatic rings. The van der Waals surface area contributed by atoms with E-state index in [1.165, 1.54) is 38.3 Å². The highest BCUT2D eigenvalue weighted by Gasteiger charge is 2.48. The summed E-state index contributed by atoms with van der Waals surface area (Å²) in [5, 5.41) is 9.37. The fraction of sp³-hybridized carbons (Fsp3) is 0.625. The van der Waals surface area contributed by atoms with Crippen molar-refractivity contribution in [3.05, 3.63) is 35.6 Å². The zero-order valence-electron chi connectivity index (χ0n) is 26.0. The molecule has 3 heterocycles. The van der Waals surface area contributed by atoms with Gasteiger partial charge in [0, 0.05) is 25.4 Å². The number of carbonyl (C=O) groups is 4. The molecule has 1 spiro atoms. The van der Waals surface area contributed by atoms with Gasteiger partial charge in [0.15, 0.2) is 11.5 Å². The lowest BCUT2D eigenvalue weighted by molar-refractivity contribution is -0.192. The summed E-state index contributed by atoms with van der Waals surface area (Å²) in [6, 6.07) is 6.30. The fourth-order valence-corrected chi connectivity index (χ4v) is 6.58. The molecule has 242 valence electrons. The Labute approximate surface area is 257 Å². The summed E-state index contributed by atoms with van der Waals surface area (Å²) in [6.07, 6.45) is 7.95. The second-order valence-electron chi connectivity index (χ2n) is 12.0. The van der Waals surface area contributed by atoms with Crippen molar-refractivity contribution in [3.63, 3.8) is 0 Å². The van der Waals surface area contributed by atoms with Gasteiger partial charge in [-0.2, -0.15) is 0 Å². The van der Waals surface area contributed by atoms with E-state index in [0.717, 1.165) is 43.8 Å². The summed E-state index contributed by atoms with van der Waals surface area (Å²) in [5.41, 5.74) is -1.41. The van der Waals surface area contributed by atoms with Gasteiger partial charge in [0.2, 0.25) is 12.4 Å². The van der Waals surface area contributed by atoms with Crippen LogP contribution in [0.25, 0.3) is 0 Å². The van der Waals surface area contributed by atoms with Crippen LogP contribution in [0.3, 0.4) is 0 Å². The summed E-state index contributed by atoms with van der Waals surface area (Å²) in [6.45, 7) is 5.45. The minimum Gasteiger partial charge on any atom is -0.501 e. The normalized spacial score (nSPS) is 27.7. The maximum absolute atomic E-state index is 12.0. The lowest BCUT2D eigenvalue weighted by Gasteiger charge is -2.36. The monoisotopic (exact) mass is 617 g/mol. The zero-order valence-corrected chi connectivity index (χ0v) is 26.0. The van der Waals surface area contributed by atoms with Crippen LogP contribution in [-0.4, -0.2) is 84.7 Å². The first-order valence-corrected chi connectivity index (χ1v) is 15.0. The number of fused-ring (bicyclic) bond motifs is 1. The molecule has 4 aliphatic rings. The molecule has 0 amide bonds. The number of esters is 3. The van der Waals surface area contributed by atoms with Crippen LogP contribution in [-0.2, 0) is 44.5 Å². The number of benzene rings is 1. The smallest absolute Gasteiger partial charge is 0.348 e. The summed E-state index contributed by atoms with van der Waals surface area (Å²) in [5.74, 6) is -0.638. The molecule has 0 aromatic heterocycles. The number of ether oxygens (including phenoxy) is 6. The molecule has 5 rings (SSSR count). The number of aliphatic carboxylic acids is 1. The van der Waals surface area contributed by atoms with Crippen molar-refractivity contribution < 1.29 is 52.7 Å². The van der Waals surface area contributed by atoms with E-state index in [0.29, 0.717) is 13.2 Å². The van der Waals surface area contributed by atoms with E-state index in [1.807, 2.05) is 6.07 Å². The van der Waals surface area contributed by atoms with Crippen molar-refractivity contribution in [3.8, 4) is 11.5 Å². The Morgan fingerprint density at radius 2 is 1.82 bits per heavy atom. The number of carboxylic acids is 1. The summed E-state index contributed by atoms with van der Waals surface area (Å²) in [7, 11) is 2.91. The maximum atomic E-state index is 12.0. The van der Waals surface area contributed by atoms with Crippen molar-refractivity contribution in [1.29, 1.82) is 0 Å². The van der Waals surface area contributed by atoms with Crippen molar-refractivity contribution >= 4 is 23.9 Å². The van der Waals surface area contributed by atoms with E-state index in [4.69, 9.17) is 23.7 Å². The molecule has 12 nitrogen and oxygen atoms in total. The van der Waals surface area contributed by atoms with Gasteiger partial charge in [-0.25, -0.2) is 4.79 Å². The third-order valence-corrected chi connectivity index (χ3v) is 8.82. The molecule has 3 aliphatic heterocycles. The highest BCUT2D eigenvalue weighted by molar-refractivity contribution is 5.87. The van der Waals surface area contributed by atoms with Crippen molar-refractivity contribution in [2.24, 2.45) is 0 Å². The number of hydrogen-bond donors (Lipinski definition) is 1. The SMILES string of the molecule is COC(=O)CC1(C(=O)O)CCCC(C)(OC(C)=O)CC(=O)O1.COC1=CC2(CCCN2CCc2ccc3c(c2)OCO3)CC1. The number of nitrogens with zero attached hydrogens (tertiary/aromatic N) is 1. The molecule has 44 heavy (non-hydrogen) atoms. The molecular formula is C32H43NO11. The van der Waals surface area contributed by atoms with Crippen molar-refractivity contribution in [2.75, 3.05) is 34.1 Å². The van der Waals surface area contributed by atoms with Gasteiger partial charge in [-0.3, -0.25) is 19.3 Å². The van der Waals surface area contributed by atoms with Gasteiger partial charge in [0.05, 0.1) is 32.8 Å². The van der Waals surface area contributed by atoms with E-state index in [2.05, 4.69) is 27.8 Å². The van der Waals surface area contributed by atoms with Gasteiger partial charge in [-0.15, -0.1) is 0 Å². The summed E-state index contributed by atoms with van der Waals surface area (Å²) >= 11 is 0. The second-order valence-corrected chi connectivity index (χ2v) is 12.0. The number of rotatable bonds is 8. The van der Waals surface area contributed by atoms with E-state index in [1.54, 1.807) is 14.0 Å². The molecule has 3 atom stereocenters. The minimum absolute atomic E-state index is 0.0694. The molecule has 2 saturated heterocycles. The predicted molar refractivity (Wildman–Crippen MR) is 156 cm³/mol. The van der Waals surface area contributed by atoms with Crippen molar-refractivity contribution in [1.82, 2.24) is 4.90 Å². The molecule has 12 heteroatoms. The second kappa shape index (κ2) is 13.9. The quantitative estimate of drug-likeness (QED) is 0.333. The van der Waals surface area contributed by atoms with Gasteiger partial charge in [-0.05, 0) is 82.2 Å². The highest BCUT2D eigenvalue weighted by Crippen LogP contribution is 2.42. The number of cyclic esters (lactones) is 1. The predicted octanol–water partition coefficient (Wildman–Crippen LogP) is 3.93. The average molecular weight is 618 g/mol. The van der Waals surface area contributed by atoms with Crippen LogP contribution in [0.1, 0.15) is 77.2 Å². The number of carboxylic acid groups (broad SMARTS) is 1. The van der Waals surface area contributed by atoms with Crippen molar-refractivity contribution in [2.45, 2.75) is 94.8 Å². The third-order valence-electron chi connectivity index (χ3n) is 8.82. The van der Waals surface area contributed by atoms with Gasteiger partial charge in [0.1, 0.15) is 5.60 Å². The van der Waals surface area contributed by atoms with Crippen LogP contribution in [0.2, 0.25) is 0 Å². The molecule has 0 bridgehead atoms. The largest absolute Gasteiger partial charge is 0.501 e. The van der Waals surface area contributed by atoms with Crippen LogP contribution in [0.15, 0.2) is 30.0 Å². The zero-order chi connectivity index (χ0) is 32.0. The van der Waals surface area contributed by atoms with E-state index in [9.17, 15) is 24.3 Å². The van der Waals surface area contributed by atoms with Gasteiger partial charge in [-0.1, -0.05) is 6.07 Å². The first-order valence-electron chi connectivity index (χ1n) is 15.0. The van der Waals surface area contributed by atoms with E-state index in [-0.39, 0.29) is 24.8 Å². The topological polar surface area (TPSA) is 147 Å². The number of methoxy groups -OCH3 is 2. The molecule has 3 unspecified atom stereocenters. The lowest BCUT2D eigenvalue weighted by atomic mass is 9.86. The average Bonchev–Trinajstić information content (AvgIpc) is 3.70. The Balaban J connectivity index is 0.000000201. The van der Waals surface area contributed by atoms with E-state index < -0.39 is 41.5 Å². The Bertz CT molecular complexity index is 1280.